The summed E-state index contributed by atoms with van der Waals surface area (Å²) in [6.45, 7) is -0.968. The second-order valence-corrected chi connectivity index (χ2v) is 3.22. The largest absolute Gasteiger partial charge is 0.435 e. The molecule has 0 aromatic heterocycles. The van der Waals surface area contributed by atoms with E-state index >= 15 is 0 Å². The molecule has 13 heavy (non-hydrogen) atoms. The molecule has 1 rings (SSSR count). The van der Waals surface area contributed by atoms with Gasteiger partial charge in [-0.1, -0.05) is 12.1 Å². The Kier molecular flexibility index (Phi) is 3.48. The van der Waals surface area contributed by atoms with E-state index in [1.165, 1.54) is 12.1 Å². The number of hydrogen-bond donors (Lipinski definition) is 0. The molecule has 0 radical (unpaired) electrons. The normalized spacial score (nSPS) is 13.0. The molecule has 1 aromatic rings. The van der Waals surface area contributed by atoms with Gasteiger partial charge in [-0.2, -0.15) is 8.78 Å². The first-order valence-electron chi connectivity index (χ1n) is 3.78. The molecule has 0 bridgehead atoms. The molecule has 0 spiro atoms. The lowest BCUT2D eigenvalue weighted by Crippen LogP contribution is -2.01. The van der Waals surface area contributed by atoms with Gasteiger partial charge in [0.15, 0.2) is 0 Å². The van der Waals surface area contributed by atoms with Gasteiger partial charge in [0.05, 0.1) is 5.38 Å². The minimum Gasteiger partial charge on any atom is -0.435 e. The van der Waals surface area contributed by atoms with Crippen molar-refractivity contribution in [2.45, 2.75) is 18.9 Å². The Morgan fingerprint density at radius 3 is 2.15 bits per heavy atom. The topological polar surface area (TPSA) is 9.23 Å². The van der Waals surface area contributed by atoms with Crippen LogP contribution in [0.1, 0.15) is 17.9 Å². The van der Waals surface area contributed by atoms with Crippen molar-refractivity contribution in [2.75, 3.05) is 0 Å². The van der Waals surface area contributed by atoms with E-state index in [0.717, 1.165) is 5.56 Å². The highest BCUT2D eigenvalue weighted by molar-refractivity contribution is 6.20. The van der Waals surface area contributed by atoms with Crippen molar-refractivity contribution in [3.05, 3.63) is 29.8 Å². The van der Waals surface area contributed by atoms with Gasteiger partial charge < -0.3 is 4.74 Å². The maximum Gasteiger partial charge on any atom is 0.387 e. The van der Waals surface area contributed by atoms with Crippen LogP contribution < -0.4 is 4.74 Å². The van der Waals surface area contributed by atoms with Crippen molar-refractivity contribution in [1.82, 2.24) is 0 Å². The van der Waals surface area contributed by atoms with Crippen LogP contribution in [0.3, 0.4) is 0 Å². The highest BCUT2D eigenvalue weighted by Crippen LogP contribution is 2.22. The van der Waals surface area contributed by atoms with Gasteiger partial charge in [0.25, 0.3) is 0 Å². The number of benzene rings is 1. The van der Waals surface area contributed by atoms with E-state index in [9.17, 15) is 8.78 Å². The van der Waals surface area contributed by atoms with E-state index in [4.69, 9.17) is 11.6 Å². The third-order valence-corrected chi connectivity index (χ3v) is 1.82. The summed E-state index contributed by atoms with van der Waals surface area (Å²) in [5.74, 6) is 0.149. The maximum absolute atomic E-state index is 11.7. The van der Waals surface area contributed by atoms with Crippen LogP contribution in [-0.4, -0.2) is 6.61 Å². The average molecular weight is 207 g/mol. The molecule has 72 valence electrons. The monoisotopic (exact) mass is 206 g/mol. The summed E-state index contributed by atoms with van der Waals surface area (Å²) in [4.78, 5) is 0. The quantitative estimate of drug-likeness (QED) is 0.687. The van der Waals surface area contributed by atoms with Crippen LogP contribution in [-0.2, 0) is 0 Å². The first-order chi connectivity index (χ1) is 6.09. The first-order valence-corrected chi connectivity index (χ1v) is 4.22. The first kappa shape index (κ1) is 10.3. The molecule has 0 heterocycles. The van der Waals surface area contributed by atoms with E-state index in [1.54, 1.807) is 12.1 Å². The fourth-order valence-corrected chi connectivity index (χ4v) is 1.06. The van der Waals surface area contributed by atoms with Gasteiger partial charge in [-0.15, -0.1) is 11.6 Å². The Labute approximate surface area is 80.3 Å². The third-order valence-electron chi connectivity index (χ3n) is 1.56. The molecule has 0 saturated carbocycles. The third kappa shape index (κ3) is 3.19. The Bertz CT molecular complexity index is 259. The molecular formula is C9H9ClF2O. The van der Waals surface area contributed by atoms with Crippen LogP contribution in [0.5, 0.6) is 5.75 Å². The lowest BCUT2D eigenvalue weighted by molar-refractivity contribution is -0.0498. The van der Waals surface area contributed by atoms with Gasteiger partial charge in [-0.25, -0.2) is 0 Å². The van der Waals surface area contributed by atoms with E-state index in [-0.39, 0.29) is 11.1 Å². The summed E-state index contributed by atoms with van der Waals surface area (Å²) >= 11 is 5.77. The Morgan fingerprint density at radius 2 is 1.77 bits per heavy atom. The summed E-state index contributed by atoms with van der Waals surface area (Å²) in [6, 6.07) is 6.27. The van der Waals surface area contributed by atoms with Gasteiger partial charge in [0.1, 0.15) is 5.75 Å². The fourth-order valence-electron chi connectivity index (χ4n) is 0.914. The minimum absolute atomic E-state index is 0.124. The van der Waals surface area contributed by atoms with Crippen LogP contribution in [0.15, 0.2) is 24.3 Å². The SMILES string of the molecule is CC(Cl)c1ccc(OC(F)F)cc1. The molecule has 0 aliphatic rings. The zero-order valence-electron chi connectivity index (χ0n) is 7.01. The summed E-state index contributed by atoms with van der Waals surface area (Å²) in [5.41, 5.74) is 0.878. The highest BCUT2D eigenvalue weighted by atomic mass is 35.5. The Morgan fingerprint density at radius 1 is 1.23 bits per heavy atom. The fraction of sp³-hybridized carbons (Fsp3) is 0.333. The number of halogens is 3. The van der Waals surface area contributed by atoms with E-state index in [0.29, 0.717) is 0 Å². The number of rotatable bonds is 3. The molecular weight excluding hydrogens is 198 g/mol. The summed E-state index contributed by atoms with van der Waals surface area (Å²) < 4.78 is 27.6. The Balaban J connectivity index is 2.70. The predicted octanol–water partition coefficient (Wildman–Crippen LogP) is 3.59. The van der Waals surface area contributed by atoms with E-state index in [2.05, 4.69) is 4.74 Å². The van der Waals surface area contributed by atoms with Gasteiger partial charge in [-0.05, 0) is 24.6 Å². The molecule has 1 nitrogen and oxygen atoms in total. The van der Waals surface area contributed by atoms with Crippen LogP contribution in [0.25, 0.3) is 0 Å². The molecule has 1 atom stereocenters. The van der Waals surface area contributed by atoms with Crippen LogP contribution >= 0.6 is 11.6 Å². The van der Waals surface area contributed by atoms with Gasteiger partial charge in [0, 0.05) is 0 Å². The summed E-state index contributed by atoms with van der Waals surface area (Å²) in [7, 11) is 0. The van der Waals surface area contributed by atoms with Crippen molar-refractivity contribution < 1.29 is 13.5 Å². The summed E-state index contributed by atoms with van der Waals surface area (Å²) in [6.07, 6.45) is 0. The zero-order chi connectivity index (χ0) is 9.84. The van der Waals surface area contributed by atoms with Gasteiger partial charge >= 0.3 is 6.61 Å². The molecule has 0 aliphatic carbocycles. The smallest absolute Gasteiger partial charge is 0.387 e. The van der Waals surface area contributed by atoms with Crippen molar-refractivity contribution in [3.63, 3.8) is 0 Å². The van der Waals surface area contributed by atoms with E-state index in [1.807, 2.05) is 6.92 Å². The lowest BCUT2D eigenvalue weighted by atomic mass is 10.2. The maximum atomic E-state index is 11.7. The lowest BCUT2D eigenvalue weighted by Gasteiger charge is -2.06. The second-order valence-electron chi connectivity index (χ2n) is 2.56. The predicted molar refractivity (Wildman–Crippen MR) is 47.3 cm³/mol. The molecule has 0 aliphatic heterocycles. The molecule has 0 saturated heterocycles. The summed E-state index contributed by atoms with van der Waals surface area (Å²) in [5, 5.41) is -0.124. The van der Waals surface area contributed by atoms with Crippen LogP contribution in [0.2, 0.25) is 0 Å². The molecule has 1 aromatic carbocycles. The van der Waals surface area contributed by atoms with Crippen molar-refractivity contribution in [2.24, 2.45) is 0 Å². The molecule has 0 amide bonds. The standard InChI is InChI=1S/C9H9ClF2O/c1-6(10)7-2-4-8(5-3-7)13-9(11)12/h2-6,9H,1H3. The van der Waals surface area contributed by atoms with Crippen molar-refractivity contribution in [3.8, 4) is 5.75 Å². The molecule has 4 heteroatoms. The van der Waals surface area contributed by atoms with Crippen molar-refractivity contribution >= 4 is 11.6 Å². The number of alkyl halides is 3. The van der Waals surface area contributed by atoms with Crippen LogP contribution in [0.4, 0.5) is 8.78 Å². The van der Waals surface area contributed by atoms with Gasteiger partial charge in [0.2, 0.25) is 0 Å². The zero-order valence-corrected chi connectivity index (χ0v) is 7.76. The second kappa shape index (κ2) is 4.42. The number of ether oxygens (including phenoxy) is 1. The highest BCUT2D eigenvalue weighted by Gasteiger charge is 2.05. The minimum atomic E-state index is -2.78. The van der Waals surface area contributed by atoms with Gasteiger partial charge in [-0.3, -0.25) is 0 Å². The van der Waals surface area contributed by atoms with Crippen LogP contribution in [0, 0.1) is 0 Å². The van der Waals surface area contributed by atoms with Crippen molar-refractivity contribution in [1.29, 1.82) is 0 Å². The average Bonchev–Trinajstić information content (AvgIpc) is 2.04. The molecule has 0 fully saturated rings. The molecule has 0 N–H and O–H groups in total. The molecule has 1 unspecified atom stereocenters. The van der Waals surface area contributed by atoms with E-state index < -0.39 is 6.61 Å². The number of hydrogen-bond acceptors (Lipinski definition) is 1. The Hall–Kier alpha value is -0.830.